The molecule has 0 aromatic heterocycles. The Morgan fingerprint density at radius 2 is 0.500 bits per heavy atom. The van der Waals surface area contributed by atoms with Crippen molar-refractivity contribution in [3.05, 3.63) is 86.5 Å². The summed E-state index contributed by atoms with van der Waals surface area (Å²) in [7, 11) is 0. The van der Waals surface area contributed by atoms with Crippen LogP contribution in [0.4, 0.5) is 0 Å². The number of hydrogen-bond acceptors (Lipinski definition) is 9. The van der Waals surface area contributed by atoms with Gasteiger partial charge in [-0.1, -0.05) is 161 Å². The second-order valence-corrected chi connectivity index (χ2v) is 22.2. The van der Waals surface area contributed by atoms with Gasteiger partial charge in [-0.2, -0.15) is 0 Å². The zero-order chi connectivity index (χ0) is 47.1. The van der Waals surface area contributed by atoms with E-state index in [1.165, 1.54) is 0 Å². The summed E-state index contributed by atoms with van der Waals surface area (Å²) < 4.78 is 0. The summed E-state index contributed by atoms with van der Waals surface area (Å²) in [6.45, 7) is 36.7. The maximum absolute atomic E-state index is 10.6. The van der Waals surface area contributed by atoms with Gasteiger partial charge in [0.1, 0.15) is 17.2 Å². The Hall–Kier alpha value is -3.19. The Kier molecular flexibility index (Phi) is 22.7. The quantitative estimate of drug-likeness (QED) is 0.198. The number of carbonyl (C=O) groups excluding carboxylic acids is 3. The van der Waals surface area contributed by atoms with Crippen LogP contribution in [-0.4, -0.2) is 38.7 Å². The van der Waals surface area contributed by atoms with Gasteiger partial charge in [0.25, 0.3) is 0 Å². The number of carboxylic acid groups (broad SMARTS) is 3. The summed E-state index contributed by atoms with van der Waals surface area (Å²) in [5.74, 6) is -2.18. The van der Waals surface area contributed by atoms with Gasteiger partial charge < -0.3 is 50.5 Å². The second kappa shape index (κ2) is 23.1. The molecule has 1 radical (unpaired) electrons. The molecule has 0 spiro atoms. The van der Waals surface area contributed by atoms with E-state index in [2.05, 4.69) is 0 Å². The molecule has 0 aliphatic carbocycles. The molecule has 11 heteroatoms. The summed E-state index contributed by atoms with van der Waals surface area (Å²) in [5.41, 5.74) is 6.80. The van der Waals surface area contributed by atoms with Crippen LogP contribution < -0.4 is 15.3 Å². The summed E-state index contributed by atoms with van der Waals surface area (Å²) in [6.07, 6.45) is 1.27. The van der Waals surface area contributed by atoms with E-state index in [4.69, 9.17) is 0 Å². The number of aromatic hydroxyl groups is 3. The number of aliphatic carboxylic acids is 3. The summed E-state index contributed by atoms with van der Waals surface area (Å²) in [6, 6.07) is 11.5. The summed E-state index contributed by atoms with van der Waals surface area (Å²) in [5, 5.41) is 63.5. The van der Waals surface area contributed by atoms with Gasteiger partial charge in [-0.15, -0.1) is 0 Å². The number of phenolic OH excluding ortho intramolecular Hbond substituents is 3. The largest absolute Gasteiger partial charge is 3.00 e. The van der Waals surface area contributed by atoms with Gasteiger partial charge in [-0.3, -0.25) is 0 Å². The third-order valence-electron chi connectivity index (χ3n) is 10.2. The number of benzene rings is 3. The summed E-state index contributed by atoms with van der Waals surface area (Å²) in [4.78, 5) is 31.9. The molecule has 0 fully saturated rings. The van der Waals surface area contributed by atoms with E-state index < -0.39 is 17.9 Å². The van der Waals surface area contributed by atoms with E-state index in [9.17, 15) is 45.0 Å². The van der Waals surface area contributed by atoms with Crippen LogP contribution in [0.25, 0.3) is 0 Å². The standard InChI is InChI=1S/3C17H26O3.Ce.H2O/c3*1-16(2,3)12-9-11(7-8-14(18)19)10-13(15(12)20)17(4,5)6;;/h3*9-10,20H,7-8H2,1-6H3,(H,18,19);;1H2/q;;;+3;/p-3. The Morgan fingerprint density at radius 1 is 0.371 bits per heavy atom. The smallest absolute Gasteiger partial charge is 0.550 e. The van der Waals surface area contributed by atoms with Crippen LogP contribution in [0.2, 0.25) is 0 Å². The van der Waals surface area contributed by atoms with Gasteiger partial charge in [0.05, 0.1) is 0 Å². The minimum absolute atomic E-state index is 0. The number of aryl methyl sites for hydroxylation is 3. The van der Waals surface area contributed by atoms with Crippen LogP contribution >= 0.6 is 0 Å². The SMILES string of the molecule is CC(C)(C)c1cc(CCC(=O)[O-])cc(C(C)(C)C)c1O.CC(C)(C)c1cc(CCC(=O)[O-])cc(C(C)(C)C)c1O.CC(C)(C)c1cc(CCC(=O)[O-])cc(C(C)(C)C)c1O.O.[Ce+3]. The maximum atomic E-state index is 10.6. The van der Waals surface area contributed by atoms with Crippen molar-refractivity contribution in [2.75, 3.05) is 0 Å². The van der Waals surface area contributed by atoms with E-state index in [0.29, 0.717) is 36.5 Å². The normalized spacial score (nSPS) is 12.1. The van der Waals surface area contributed by atoms with Crippen molar-refractivity contribution in [1.29, 1.82) is 0 Å². The Morgan fingerprint density at radius 3 is 0.597 bits per heavy atom. The van der Waals surface area contributed by atoms with Gasteiger partial charge in [0.2, 0.25) is 0 Å². The molecule has 3 rings (SSSR count). The van der Waals surface area contributed by atoms with Crippen molar-refractivity contribution in [3.63, 3.8) is 0 Å². The Bertz CT molecular complexity index is 1640. The van der Waals surface area contributed by atoms with Gasteiger partial charge in [0.15, 0.2) is 0 Å². The molecule has 0 saturated heterocycles. The molecule has 0 aliphatic heterocycles. The molecule has 0 unspecified atom stereocenters. The van der Waals surface area contributed by atoms with Gasteiger partial charge in [0, 0.05) is 17.9 Å². The molecule has 0 heterocycles. The van der Waals surface area contributed by atoms with E-state index >= 15 is 0 Å². The number of rotatable bonds is 9. The minimum Gasteiger partial charge on any atom is -0.550 e. The first kappa shape index (κ1) is 60.9. The van der Waals surface area contributed by atoms with Crippen molar-refractivity contribution in [1.82, 2.24) is 0 Å². The molecule has 3 aromatic carbocycles. The van der Waals surface area contributed by atoms with E-state index in [1.807, 2.05) is 161 Å². The number of hydrogen-bond donors (Lipinski definition) is 3. The van der Waals surface area contributed by atoms with E-state index in [-0.39, 0.29) is 99.0 Å². The molecule has 0 aliphatic rings. The third-order valence-corrected chi connectivity index (χ3v) is 10.2. The Labute approximate surface area is 406 Å². The van der Waals surface area contributed by atoms with Crippen LogP contribution in [0.3, 0.4) is 0 Å². The average molecular weight is 990 g/mol. The summed E-state index contributed by atoms with van der Waals surface area (Å²) >= 11 is 0. The molecular formula is C51H77CeO10. The molecule has 0 amide bonds. The van der Waals surface area contributed by atoms with Gasteiger partial charge in [-0.05, 0) is 121 Å². The van der Waals surface area contributed by atoms with Gasteiger partial charge in [-0.25, -0.2) is 0 Å². The topological polar surface area (TPSA) is 213 Å². The minimum atomic E-state index is -1.05. The van der Waals surface area contributed by atoms with Gasteiger partial charge >= 0.3 is 41.7 Å². The zero-order valence-corrected chi connectivity index (χ0v) is 44.1. The van der Waals surface area contributed by atoms with Crippen molar-refractivity contribution in [2.45, 2.75) is 196 Å². The fourth-order valence-corrected chi connectivity index (χ4v) is 6.69. The van der Waals surface area contributed by atoms with Crippen LogP contribution in [0, 0.1) is 41.7 Å². The van der Waals surface area contributed by atoms with Crippen molar-refractivity contribution in [3.8, 4) is 17.2 Å². The molecule has 10 nitrogen and oxygen atoms in total. The number of carboxylic acids is 3. The third kappa shape index (κ3) is 19.3. The fourth-order valence-electron chi connectivity index (χ4n) is 6.69. The Balaban J connectivity index is 0. The average Bonchev–Trinajstić information content (AvgIpc) is 3.04. The van der Waals surface area contributed by atoms with Crippen molar-refractivity contribution in [2.24, 2.45) is 0 Å². The second-order valence-electron chi connectivity index (χ2n) is 22.2. The molecular weight excluding hydrogens is 913 g/mol. The molecule has 0 saturated carbocycles. The molecule has 0 atom stereocenters. The predicted octanol–water partition coefficient (Wildman–Crippen LogP) is 7.18. The monoisotopic (exact) mass is 989 g/mol. The number of carbonyl (C=O) groups is 3. The molecule has 0 bridgehead atoms. The first-order valence-electron chi connectivity index (χ1n) is 21.0. The maximum Gasteiger partial charge on any atom is 3.00 e. The predicted molar refractivity (Wildman–Crippen MR) is 240 cm³/mol. The van der Waals surface area contributed by atoms with E-state index in [0.717, 1.165) is 50.1 Å². The molecule has 345 valence electrons. The van der Waals surface area contributed by atoms with Crippen LogP contribution in [-0.2, 0) is 66.1 Å². The zero-order valence-electron chi connectivity index (χ0n) is 41.0. The van der Waals surface area contributed by atoms with Crippen molar-refractivity contribution >= 4 is 17.9 Å². The van der Waals surface area contributed by atoms with Crippen LogP contribution in [0.15, 0.2) is 36.4 Å². The van der Waals surface area contributed by atoms with E-state index in [1.54, 1.807) is 0 Å². The first-order valence-corrected chi connectivity index (χ1v) is 21.0. The molecule has 62 heavy (non-hydrogen) atoms. The van der Waals surface area contributed by atoms with Crippen LogP contribution in [0.5, 0.6) is 17.2 Å². The molecule has 5 N–H and O–H groups in total. The fraction of sp³-hybridized carbons (Fsp3) is 0.588. The number of phenols is 3. The molecule has 3 aromatic rings. The van der Waals surface area contributed by atoms with Crippen LogP contribution in [0.1, 0.15) is 194 Å². The first-order chi connectivity index (χ1) is 26.8. The van der Waals surface area contributed by atoms with Crippen molar-refractivity contribution < 1.29 is 92.2 Å².